The first-order valence-electron chi connectivity index (χ1n) is 6.70. The number of esters is 1. The van der Waals surface area contributed by atoms with E-state index in [2.05, 4.69) is 0 Å². The fourth-order valence-corrected chi connectivity index (χ4v) is 2.96. The first-order chi connectivity index (χ1) is 9.51. The summed E-state index contributed by atoms with van der Waals surface area (Å²) >= 11 is 6.28. The molecule has 0 aromatic heterocycles. The standard InChI is InChI=1S/C15H19ClO4/c1-3-20-14(17)9-15(18)12-6-5-11(19-2)8-10(12)4-7-13(15)16/h5-6,8,13,18H,3-4,7,9H2,1-2H3. The fourth-order valence-electron chi connectivity index (χ4n) is 2.65. The van der Waals surface area contributed by atoms with Crippen LogP contribution in [-0.2, 0) is 21.6 Å². The zero-order chi connectivity index (χ0) is 14.8. The van der Waals surface area contributed by atoms with Gasteiger partial charge in [-0.25, -0.2) is 0 Å². The molecule has 2 unspecified atom stereocenters. The van der Waals surface area contributed by atoms with Crippen molar-refractivity contribution in [3.8, 4) is 5.75 Å². The molecule has 110 valence electrons. The van der Waals surface area contributed by atoms with Gasteiger partial charge in [-0.2, -0.15) is 0 Å². The molecular weight excluding hydrogens is 280 g/mol. The van der Waals surface area contributed by atoms with Gasteiger partial charge in [0, 0.05) is 0 Å². The Balaban J connectivity index is 2.35. The molecule has 2 rings (SSSR count). The van der Waals surface area contributed by atoms with Gasteiger partial charge in [-0.1, -0.05) is 6.07 Å². The molecule has 0 aliphatic heterocycles. The molecule has 0 radical (unpaired) electrons. The third-order valence-corrected chi connectivity index (χ3v) is 4.26. The van der Waals surface area contributed by atoms with E-state index in [1.54, 1.807) is 26.2 Å². The molecule has 0 heterocycles. The van der Waals surface area contributed by atoms with Crippen LogP contribution in [0.15, 0.2) is 18.2 Å². The van der Waals surface area contributed by atoms with Crippen molar-refractivity contribution in [2.75, 3.05) is 13.7 Å². The molecule has 0 saturated heterocycles. The van der Waals surface area contributed by atoms with Crippen LogP contribution in [0.25, 0.3) is 0 Å². The predicted molar refractivity (Wildman–Crippen MR) is 76.1 cm³/mol. The predicted octanol–water partition coefficient (Wildman–Crippen LogP) is 2.39. The molecule has 0 fully saturated rings. The number of carbonyl (C=O) groups excluding carboxylic acids is 1. The summed E-state index contributed by atoms with van der Waals surface area (Å²) in [6.45, 7) is 2.02. The van der Waals surface area contributed by atoms with Crippen molar-refractivity contribution in [3.63, 3.8) is 0 Å². The minimum absolute atomic E-state index is 0.131. The summed E-state index contributed by atoms with van der Waals surface area (Å²) in [5.74, 6) is 0.291. The summed E-state index contributed by atoms with van der Waals surface area (Å²) in [4.78, 5) is 11.7. The number of halogens is 1. The molecule has 20 heavy (non-hydrogen) atoms. The maximum absolute atomic E-state index is 11.7. The first kappa shape index (κ1) is 15.1. The number of aryl methyl sites for hydroxylation is 1. The quantitative estimate of drug-likeness (QED) is 0.685. The number of methoxy groups -OCH3 is 1. The van der Waals surface area contributed by atoms with Crippen molar-refractivity contribution >= 4 is 17.6 Å². The highest BCUT2D eigenvalue weighted by molar-refractivity contribution is 6.21. The minimum Gasteiger partial charge on any atom is -0.497 e. The van der Waals surface area contributed by atoms with Crippen molar-refractivity contribution in [2.24, 2.45) is 0 Å². The third kappa shape index (κ3) is 2.76. The lowest BCUT2D eigenvalue weighted by Crippen LogP contribution is -2.42. The van der Waals surface area contributed by atoms with Gasteiger partial charge in [-0.05, 0) is 43.0 Å². The van der Waals surface area contributed by atoms with Gasteiger partial charge < -0.3 is 14.6 Å². The van der Waals surface area contributed by atoms with E-state index in [-0.39, 0.29) is 13.0 Å². The number of hydrogen-bond acceptors (Lipinski definition) is 4. The molecule has 0 spiro atoms. The number of alkyl halides is 1. The number of rotatable bonds is 4. The zero-order valence-electron chi connectivity index (χ0n) is 11.7. The SMILES string of the molecule is CCOC(=O)CC1(O)c2ccc(OC)cc2CCC1Cl. The highest BCUT2D eigenvalue weighted by atomic mass is 35.5. The fraction of sp³-hybridized carbons (Fsp3) is 0.533. The molecule has 1 aromatic carbocycles. The molecule has 1 aliphatic rings. The van der Waals surface area contributed by atoms with E-state index in [1.807, 2.05) is 6.07 Å². The molecule has 0 amide bonds. The summed E-state index contributed by atoms with van der Waals surface area (Å²) in [6, 6.07) is 5.43. The topological polar surface area (TPSA) is 55.8 Å². The Morgan fingerprint density at radius 2 is 2.30 bits per heavy atom. The van der Waals surface area contributed by atoms with Crippen LogP contribution in [0.1, 0.15) is 30.9 Å². The van der Waals surface area contributed by atoms with Gasteiger partial charge in [0.2, 0.25) is 0 Å². The molecule has 0 saturated carbocycles. The molecular formula is C15H19ClO4. The second-order valence-electron chi connectivity index (χ2n) is 4.94. The number of aliphatic hydroxyl groups is 1. The average molecular weight is 299 g/mol. The monoisotopic (exact) mass is 298 g/mol. The minimum atomic E-state index is -1.38. The normalized spacial score (nSPS) is 24.9. The zero-order valence-corrected chi connectivity index (χ0v) is 12.4. The summed E-state index contributed by atoms with van der Waals surface area (Å²) < 4.78 is 10.1. The smallest absolute Gasteiger partial charge is 0.309 e. The van der Waals surface area contributed by atoms with Crippen LogP contribution < -0.4 is 4.74 Å². The van der Waals surface area contributed by atoms with Crippen LogP contribution in [0.4, 0.5) is 0 Å². The van der Waals surface area contributed by atoms with Gasteiger partial charge in [-0.15, -0.1) is 11.6 Å². The Hall–Kier alpha value is -1.26. The Bertz CT molecular complexity index is 503. The van der Waals surface area contributed by atoms with Gasteiger partial charge in [0.1, 0.15) is 11.4 Å². The summed E-state index contributed by atoms with van der Waals surface area (Å²) in [7, 11) is 1.60. The van der Waals surface area contributed by atoms with E-state index in [9.17, 15) is 9.90 Å². The van der Waals surface area contributed by atoms with Crippen LogP contribution in [-0.4, -0.2) is 30.2 Å². The third-order valence-electron chi connectivity index (χ3n) is 3.68. The van der Waals surface area contributed by atoms with Crippen molar-refractivity contribution in [1.29, 1.82) is 0 Å². The van der Waals surface area contributed by atoms with E-state index < -0.39 is 16.9 Å². The van der Waals surface area contributed by atoms with Gasteiger partial charge in [-0.3, -0.25) is 4.79 Å². The molecule has 1 aliphatic carbocycles. The van der Waals surface area contributed by atoms with E-state index in [0.717, 1.165) is 17.7 Å². The number of ether oxygens (including phenoxy) is 2. The molecule has 1 N–H and O–H groups in total. The Labute approximate surface area is 123 Å². The lowest BCUT2D eigenvalue weighted by molar-refractivity contribution is -0.149. The van der Waals surface area contributed by atoms with Gasteiger partial charge in [0.15, 0.2) is 0 Å². The van der Waals surface area contributed by atoms with Crippen LogP contribution in [0.5, 0.6) is 5.75 Å². The molecule has 4 nitrogen and oxygen atoms in total. The van der Waals surface area contributed by atoms with Crippen molar-refractivity contribution in [2.45, 2.75) is 37.2 Å². The van der Waals surface area contributed by atoms with Crippen molar-refractivity contribution < 1.29 is 19.4 Å². The molecule has 0 bridgehead atoms. The van der Waals surface area contributed by atoms with Crippen LogP contribution in [0, 0.1) is 0 Å². The van der Waals surface area contributed by atoms with Gasteiger partial charge in [0.05, 0.1) is 25.5 Å². The van der Waals surface area contributed by atoms with E-state index >= 15 is 0 Å². The van der Waals surface area contributed by atoms with Crippen molar-refractivity contribution in [1.82, 2.24) is 0 Å². The number of benzene rings is 1. The first-order valence-corrected chi connectivity index (χ1v) is 7.14. The molecule has 1 aromatic rings. The lowest BCUT2D eigenvalue weighted by atomic mass is 9.77. The second kappa shape index (κ2) is 6.02. The van der Waals surface area contributed by atoms with Crippen molar-refractivity contribution in [3.05, 3.63) is 29.3 Å². The summed E-state index contributed by atoms with van der Waals surface area (Å²) in [6.07, 6.45) is 1.23. The number of hydrogen-bond donors (Lipinski definition) is 1. The average Bonchev–Trinajstić information content (AvgIpc) is 2.43. The Morgan fingerprint density at radius 3 is 2.95 bits per heavy atom. The highest BCUT2D eigenvalue weighted by Crippen LogP contribution is 2.42. The number of carbonyl (C=O) groups is 1. The Morgan fingerprint density at radius 1 is 1.55 bits per heavy atom. The highest BCUT2D eigenvalue weighted by Gasteiger charge is 2.44. The lowest BCUT2D eigenvalue weighted by Gasteiger charge is -2.38. The van der Waals surface area contributed by atoms with E-state index in [1.165, 1.54) is 0 Å². The summed E-state index contributed by atoms with van der Waals surface area (Å²) in [5, 5.41) is 10.4. The number of fused-ring (bicyclic) bond motifs is 1. The van der Waals surface area contributed by atoms with E-state index in [0.29, 0.717) is 12.0 Å². The molecule has 2 atom stereocenters. The van der Waals surface area contributed by atoms with E-state index in [4.69, 9.17) is 21.1 Å². The summed E-state index contributed by atoms with van der Waals surface area (Å²) in [5.41, 5.74) is 0.277. The second-order valence-corrected chi connectivity index (χ2v) is 5.46. The molecule has 5 heteroatoms. The van der Waals surface area contributed by atoms with Crippen LogP contribution in [0.3, 0.4) is 0 Å². The van der Waals surface area contributed by atoms with Crippen LogP contribution in [0.2, 0.25) is 0 Å². The Kier molecular flexibility index (Phi) is 4.55. The maximum atomic E-state index is 11.7. The van der Waals surface area contributed by atoms with Crippen LogP contribution >= 0.6 is 11.6 Å². The van der Waals surface area contributed by atoms with Gasteiger partial charge in [0.25, 0.3) is 0 Å². The van der Waals surface area contributed by atoms with Gasteiger partial charge >= 0.3 is 5.97 Å². The maximum Gasteiger partial charge on any atom is 0.309 e. The largest absolute Gasteiger partial charge is 0.497 e.